The number of amides is 2. The van der Waals surface area contributed by atoms with Crippen LogP contribution in [0.3, 0.4) is 0 Å². The van der Waals surface area contributed by atoms with Crippen molar-refractivity contribution in [3.8, 4) is 12.3 Å². The highest BCUT2D eigenvalue weighted by molar-refractivity contribution is 5.75. The van der Waals surface area contributed by atoms with Crippen LogP contribution in [-0.2, 0) is 4.74 Å². The topological polar surface area (TPSA) is 41.6 Å². The fraction of sp³-hybridized carbons (Fsp3) is 0.438. The Balaban J connectivity index is 2.09. The van der Waals surface area contributed by atoms with Crippen LogP contribution in [0.2, 0.25) is 0 Å². The number of benzene rings is 1. The van der Waals surface area contributed by atoms with Crippen molar-refractivity contribution in [2.24, 2.45) is 0 Å². The molecule has 2 rings (SSSR count). The van der Waals surface area contributed by atoms with Crippen molar-refractivity contribution in [1.29, 1.82) is 0 Å². The summed E-state index contributed by atoms with van der Waals surface area (Å²) in [6.45, 7) is 2.17. The number of urea groups is 1. The maximum Gasteiger partial charge on any atom is 0.318 e. The zero-order valence-electron chi connectivity index (χ0n) is 12.5. The number of nitrogens with zero attached hydrogens (tertiary/aromatic N) is 1. The van der Waals surface area contributed by atoms with Crippen LogP contribution in [-0.4, -0.2) is 36.7 Å². The molecule has 0 aromatic heterocycles. The maximum atomic E-state index is 13.4. The van der Waals surface area contributed by atoms with Crippen LogP contribution in [0, 0.1) is 24.0 Å². The SMILES string of the molecule is C#CC(C)N(C)C(=O)NC1CCOC1c1ccc(F)c(F)c1. The van der Waals surface area contributed by atoms with E-state index in [1.54, 1.807) is 14.0 Å². The molecule has 1 aliphatic rings. The molecule has 22 heavy (non-hydrogen) atoms. The fourth-order valence-corrected chi connectivity index (χ4v) is 2.30. The minimum atomic E-state index is -0.934. The van der Waals surface area contributed by atoms with Crippen LogP contribution in [0.15, 0.2) is 18.2 Å². The Morgan fingerprint density at radius 1 is 1.50 bits per heavy atom. The molecule has 0 aliphatic carbocycles. The fourth-order valence-electron chi connectivity index (χ4n) is 2.30. The van der Waals surface area contributed by atoms with E-state index < -0.39 is 17.7 Å². The highest BCUT2D eigenvalue weighted by Gasteiger charge is 2.32. The predicted molar refractivity (Wildman–Crippen MR) is 78.0 cm³/mol. The molecule has 1 aromatic carbocycles. The average Bonchev–Trinajstić information content (AvgIpc) is 2.96. The van der Waals surface area contributed by atoms with Crippen LogP contribution >= 0.6 is 0 Å². The zero-order chi connectivity index (χ0) is 16.3. The lowest BCUT2D eigenvalue weighted by atomic mass is 10.0. The lowest BCUT2D eigenvalue weighted by Gasteiger charge is -2.26. The lowest BCUT2D eigenvalue weighted by molar-refractivity contribution is 0.0979. The molecule has 3 atom stereocenters. The van der Waals surface area contributed by atoms with Gasteiger partial charge in [0.25, 0.3) is 0 Å². The first-order valence-corrected chi connectivity index (χ1v) is 7.00. The van der Waals surface area contributed by atoms with E-state index in [1.807, 2.05) is 0 Å². The molecule has 1 aliphatic heterocycles. The van der Waals surface area contributed by atoms with E-state index in [1.165, 1.54) is 11.0 Å². The van der Waals surface area contributed by atoms with Crippen molar-refractivity contribution in [3.05, 3.63) is 35.4 Å². The molecule has 118 valence electrons. The summed E-state index contributed by atoms with van der Waals surface area (Å²) in [6, 6.07) is 2.62. The van der Waals surface area contributed by atoms with Crippen molar-refractivity contribution in [3.63, 3.8) is 0 Å². The minimum Gasteiger partial charge on any atom is -0.371 e. The van der Waals surface area contributed by atoms with Crippen molar-refractivity contribution in [1.82, 2.24) is 10.2 Å². The molecule has 3 unspecified atom stereocenters. The number of hydrogen-bond acceptors (Lipinski definition) is 2. The summed E-state index contributed by atoms with van der Waals surface area (Å²) in [5, 5.41) is 2.83. The molecule has 0 bridgehead atoms. The van der Waals surface area contributed by atoms with Crippen molar-refractivity contribution in [2.75, 3.05) is 13.7 Å². The first kappa shape index (κ1) is 16.2. The number of carbonyl (C=O) groups excluding carboxylic acids is 1. The summed E-state index contributed by atoms with van der Waals surface area (Å²) >= 11 is 0. The zero-order valence-corrected chi connectivity index (χ0v) is 12.5. The normalized spacial score (nSPS) is 22.0. The Bertz CT molecular complexity index is 600. The average molecular weight is 308 g/mol. The Kier molecular flexibility index (Phi) is 4.99. The summed E-state index contributed by atoms with van der Waals surface area (Å²) < 4.78 is 31.9. The largest absolute Gasteiger partial charge is 0.371 e. The van der Waals surface area contributed by atoms with Gasteiger partial charge in [-0.15, -0.1) is 6.42 Å². The monoisotopic (exact) mass is 308 g/mol. The second-order valence-electron chi connectivity index (χ2n) is 5.26. The van der Waals surface area contributed by atoms with E-state index in [9.17, 15) is 13.6 Å². The highest BCUT2D eigenvalue weighted by atomic mass is 19.2. The van der Waals surface area contributed by atoms with Gasteiger partial charge in [-0.3, -0.25) is 0 Å². The van der Waals surface area contributed by atoms with Gasteiger partial charge < -0.3 is 15.0 Å². The molecular formula is C16H18F2N2O2. The van der Waals surface area contributed by atoms with Gasteiger partial charge in [-0.25, -0.2) is 13.6 Å². The van der Waals surface area contributed by atoms with Gasteiger partial charge in [0.15, 0.2) is 11.6 Å². The molecule has 1 N–H and O–H groups in total. The third-order valence-electron chi connectivity index (χ3n) is 3.82. The van der Waals surface area contributed by atoms with Gasteiger partial charge in [0.05, 0.1) is 12.1 Å². The number of rotatable bonds is 3. The van der Waals surface area contributed by atoms with Crippen LogP contribution in [0.25, 0.3) is 0 Å². The molecule has 1 heterocycles. The second kappa shape index (κ2) is 6.75. The van der Waals surface area contributed by atoms with E-state index >= 15 is 0 Å². The first-order valence-electron chi connectivity index (χ1n) is 7.00. The number of carbonyl (C=O) groups is 1. The van der Waals surface area contributed by atoms with Crippen LogP contribution in [0.1, 0.15) is 25.0 Å². The summed E-state index contributed by atoms with van der Waals surface area (Å²) in [4.78, 5) is 13.5. The number of halogens is 2. The third kappa shape index (κ3) is 3.37. The quantitative estimate of drug-likeness (QED) is 0.872. The number of hydrogen-bond donors (Lipinski definition) is 1. The summed E-state index contributed by atoms with van der Waals surface area (Å²) in [6.07, 6.45) is 5.38. The van der Waals surface area contributed by atoms with Gasteiger partial charge >= 0.3 is 6.03 Å². The first-order chi connectivity index (χ1) is 10.4. The van der Waals surface area contributed by atoms with E-state index in [2.05, 4.69) is 11.2 Å². The summed E-state index contributed by atoms with van der Waals surface area (Å²) in [7, 11) is 1.60. The third-order valence-corrected chi connectivity index (χ3v) is 3.82. The number of terminal acetylenes is 1. The van der Waals surface area contributed by atoms with Gasteiger partial charge in [0.2, 0.25) is 0 Å². The van der Waals surface area contributed by atoms with Crippen molar-refractivity contribution in [2.45, 2.75) is 31.5 Å². The Labute approximate surface area is 128 Å². The Morgan fingerprint density at radius 2 is 2.23 bits per heavy atom. The van der Waals surface area contributed by atoms with Crippen molar-refractivity contribution >= 4 is 6.03 Å². The van der Waals surface area contributed by atoms with E-state index in [0.29, 0.717) is 18.6 Å². The lowest BCUT2D eigenvalue weighted by Crippen LogP contribution is -2.47. The molecule has 6 heteroatoms. The second-order valence-corrected chi connectivity index (χ2v) is 5.26. The number of nitrogens with one attached hydrogen (secondary N) is 1. The van der Waals surface area contributed by atoms with Gasteiger partial charge in [-0.2, -0.15) is 0 Å². The standard InChI is InChI=1S/C16H18F2N2O2/c1-4-10(2)20(3)16(21)19-14-7-8-22-15(14)11-5-6-12(17)13(18)9-11/h1,5-6,9-10,14-15H,7-8H2,2-3H3,(H,19,21). The molecule has 4 nitrogen and oxygen atoms in total. The molecule has 1 saturated heterocycles. The summed E-state index contributed by atoms with van der Waals surface area (Å²) in [5.41, 5.74) is 0.495. The minimum absolute atomic E-state index is 0.315. The molecule has 0 spiro atoms. The van der Waals surface area contributed by atoms with E-state index in [4.69, 9.17) is 11.2 Å². The van der Waals surface area contributed by atoms with Gasteiger partial charge in [0.1, 0.15) is 6.10 Å². The predicted octanol–water partition coefficient (Wildman–Crippen LogP) is 2.46. The van der Waals surface area contributed by atoms with Crippen LogP contribution in [0.4, 0.5) is 13.6 Å². The van der Waals surface area contributed by atoms with Crippen LogP contribution in [0.5, 0.6) is 0 Å². The van der Waals surface area contributed by atoms with E-state index in [-0.39, 0.29) is 18.1 Å². The van der Waals surface area contributed by atoms with Crippen LogP contribution < -0.4 is 5.32 Å². The number of ether oxygens (including phenoxy) is 1. The molecule has 0 saturated carbocycles. The Hall–Kier alpha value is -2.13. The smallest absolute Gasteiger partial charge is 0.318 e. The maximum absolute atomic E-state index is 13.4. The highest BCUT2D eigenvalue weighted by Crippen LogP contribution is 2.30. The molecular weight excluding hydrogens is 290 g/mol. The summed E-state index contributed by atoms with van der Waals surface area (Å²) in [5.74, 6) is 0.623. The molecule has 0 radical (unpaired) electrons. The van der Waals surface area contributed by atoms with Gasteiger partial charge in [-0.05, 0) is 31.0 Å². The Morgan fingerprint density at radius 3 is 2.86 bits per heavy atom. The van der Waals surface area contributed by atoms with E-state index in [0.717, 1.165) is 12.1 Å². The molecule has 1 fully saturated rings. The van der Waals surface area contributed by atoms with Crippen molar-refractivity contribution < 1.29 is 18.3 Å². The van der Waals surface area contributed by atoms with Gasteiger partial charge in [-0.1, -0.05) is 12.0 Å². The molecule has 1 aromatic rings. The molecule has 2 amide bonds. The van der Waals surface area contributed by atoms with Gasteiger partial charge in [0, 0.05) is 13.7 Å².